The number of aliphatic hydroxyl groups is 1. The Labute approximate surface area is 317 Å². The van der Waals surface area contributed by atoms with Gasteiger partial charge in [-0.1, -0.05) is 44.2 Å². The number of carbonyl (C=O) groups is 6. The molecule has 3 aromatic rings. The van der Waals surface area contributed by atoms with E-state index in [9.17, 15) is 44.1 Å². The molecule has 17 heteroatoms. The molecule has 0 unspecified atom stereocenters. The van der Waals surface area contributed by atoms with E-state index in [1.54, 1.807) is 38.4 Å². The van der Waals surface area contributed by atoms with Crippen molar-refractivity contribution in [3.63, 3.8) is 0 Å². The number of nitrogens with two attached hydrogens (primary N) is 1. The van der Waals surface area contributed by atoms with Crippen molar-refractivity contribution in [1.29, 1.82) is 0 Å². The predicted molar refractivity (Wildman–Crippen MR) is 204 cm³/mol. The van der Waals surface area contributed by atoms with Gasteiger partial charge in [0.15, 0.2) is 0 Å². The van der Waals surface area contributed by atoms with Gasteiger partial charge in [-0.2, -0.15) is 11.8 Å². The number of aromatic hydroxyl groups is 1. The van der Waals surface area contributed by atoms with E-state index in [4.69, 9.17) is 5.73 Å². The number of phenols is 1. The number of aliphatic carboxylic acids is 1. The Bertz CT molecular complexity index is 1750. The minimum Gasteiger partial charge on any atom is -0.508 e. The van der Waals surface area contributed by atoms with Crippen LogP contribution in [0.15, 0.2) is 54.7 Å². The monoisotopic (exact) mass is 769 g/mol. The summed E-state index contributed by atoms with van der Waals surface area (Å²) in [4.78, 5) is 81.2. The molecule has 0 saturated carbocycles. The molecule has 16 nitrogen and oxygen atoms in total. The highest BCUT2D eigenvalue weighted by atomic mass is 32.2. The van der Waals surface area contributed by atoms with E-state index < -0.39 is 78.4 Å². The van der Waals surface area contributed by atoms with Gasteiger partial charge in [0.1, 0.15) is 36.0 Å². The highest BCUT2D eigenvalue weighted by Crippen LogP contribution is 2.19. The second-order valence-electron chi connectivity index (χ2n) is 13.4. The molecule has 5 amide bonds. The first kappa shape index (κ1) is 43.3. The van der Waals surface area contributed by atoms with E-state index >= 15 is 0 Å². The average Bonchev–Trinajstić information content (AvgIpc) is 3.54. The Hall–Kier alpha value is -5.13. The number of hydrogen-bond donors (Lipinski definition) is 10. The molecule has 11 N–H and O–H groups in total. The van der Waals surface area contributed by atoms with E-state index in [2.05, 4.69) is 31.6 Å². The third-order valence-corrected chi connectivity index (χ3v) is 9.24. The first-order chi connectivity index (χ1) is 25.6. The molecule has 0 radical (unpaired) electrons. The Morgan fingerprint density at radius 1 is 0.759 bits per heavy atom. The lowest BCUT2D eigenvalue weighted by atomic mass is 10.0. The van der Waals surface area contributed by atoms with Crippen LogP contribution >= 0.6 is 11.8 Å². The number of carboxylic acids is 1. The molecular weight excluding hydrogens is 719 g/mol. The average molecular weight is 770 g/mol. The lowest BCUT2D eigenvalue weighted by Gasteiger charge is -2.26. The highest BCUT2D eigenvalue weighted by molar-refractivity contribution is 7.98. The lowest BCUT2D eigenvalue weighted by Crippen LogP contribution is -2.60. The summed E-state index contributed by atoms with van der Waals surface area (Å²) in [7, 11) is 0. The van der Waals surface area contributed by atoms with Crippen LogP contribution in [0.3, 0.4) is 0 Å². The molecule has 54 heavy (non-hydrogen) atoms. The van der Waals surface area contributed by atoms with Crippen molar-refractivity contribution >= 4 is 58.2 Å². The number of H-pyrrole nitrogens is 1. The highest BCUT2D eigenvalue weighted by Gasteiger charge is 2.32. The first-order valence-corrected chi connectivity index (χ1v) is 19.0. The Balaban J connectivity index is 1.71. The number of carbonyl (C=O) groups excluding carboxylic acids is 5. The number of amides is 5. The molecule has 3 rings (SSSR count). The molecule has 0 spiro atoms. The third-order valence-electron chi connectivity index (χ3n) is 8.59. The zero-order valence-corrected chi connectivity index (χ0v) is 31.6. The van der Waals surface area contributed by atoms with Crippen LogP contribution in [-0.4, -0.2) is 111 Å². The van der Waals surface area contributed by atoms with Crippen LogP contribution in [0.5, 0.6) is 5.75 Å². The molecule has 6 atom stereocenters. The number of rotatable bonds is 21. The van der Waals surface area contributed by atoms with Gasteiger partial charge in [-0.15, -0.1) is 0 Å². The molecule has 2 aromatic carbocycles. The van der Waals surface area contributed by atoms with Crippen LogP contribution in [-0.2, 0) is 41.6 Å². The minimum atomic E-state index is -1.55. The molecule has 294 valence electrons. The van der Waals surface area contributed by atoms with Crippen molar-refractivity contribution in [3.8, 4) is 5.75 Å². The largest absolute Gasteiger partial charge is 0.508 e. The quantitative estimate of drug-likeness (QED) is 0.0705. The molecule has 0 aliphatic rings. The third kappa shape index (κ3) is 13.1. The second-order valence-corrected chi connectivity index (χ2v) is 14.4. The standard InChI is InChI=1S/C37H51N7O9S/c1-20(2)15-29(34(49)40-21(3)32(47)41-28(37(52)53)13-14-54-4)43-36(51)31(19-45)44-35(50)30(16-22-9-11-24(46)12-10-22)42-33(48)26(38)17-23-18-39-27-8-6-5-7-25(23)27/h5-12,18,20-21,26,28-31,39,45-46H,13-17,19,38H2,1-4H3,(H,40,49)(H,41,47)(H,42,48)(H,43,51)(H,44,50)(H,52,53)/t21-,26-,28-,29-,30-,31-/m0/s1. The summed E-state index contributed by atoms with van der Waals surface area (Å²) < 4.78 is 0. The van der Waals surface area contributed by atoms with Gasteiger partial charge in [0.25, 0.3) is 0 Å². The fourth-order valence-corrected chi connectivity index (χ4v) is 6.07. The zero-order valence-electron chi connectivity index (χ0n) is 30.8. The number of carboxylic acid groups (broad SMARTS) is 1. The summed E-state index contributed by atoms with van der Waals surface area (Å²) in [6.45, 7) is 4.12. The number of fused-ring (bicyclic) bond motifs is 1. The maximum Gasteiger partial charge on any atom is 0.326 e. The number of para-hydroxylation sites is 1. The Morgan fingerprint density at radius 3 is 1.98 bits per heavy atom. The smallest absolute Gasteiger partial charge is 0.326 e. The normalized spacial score (nSPS) is 14.6. The van der Waals surface area contributed by atoms with Gasteiger partial charge in [0, 0.05) is 23.5 Å². The van der Waals surface area contributed by atoms with Gasteiger partial charge in [0.2, 0.25) is 29.5 Å². The van der Waals surface area contributed by atoms with Crippen molar-refractivity contribution < 1.29 is 44.1 Å². The van der Waals surface area contributed by atoms with Crippen LogP contribution in [0.25, 0.3) is 10.9 Å². The number of hydrogen-bond acceptors (Lipinski definition) is 10. The van der Waals surface area contributed by atoms with Gasteiger partial charge in [0.05, 0.1) is 12.6 Å². The molecule has 1 aromatic heterocycles. The molecular formula is C37H51N7O9S. The summed E-state index contributed by atoms with van der Waals surface area (Å²) in [6, 6.07) is 6.11. The summed E-state index contributed by atoms with van der Waals surface area (Å²) >= 11 is 1.42. The van der Waals surface area contributed by atoms with E-state index in [1.807, 2.05) is 24.3 Å². The molecule has 0 saturated heterocycles. The molecule has 0 aliphatic carbocycles. The van der Waals surface area contributed by atoms with Crippen LogP contribution in [0.2, 0.25) is 0 Å². The SMILES string of the molecule is CSCC[C@H](NC(=O)[C@H](C)NC(=O)[C@H](CC(C)C)NC(=O)[C@H](CO)NC(=O)[C@H](Cc1ccc(O)cc1)NC(=O)[C@@H](N)Cc1c[nH]c2ccccc12)C(=O)O. The maximum absolute atomic E-state index is 13.7. The van der Waals surface area contributed by atoms with Gasteiger partial charge < -0.3 is 52.6 Å². The Morgan fingerprint density at radius 2 is 1.35 bits per heavy atom. The fourth-order valence-electron chi connectivity index (χ4n) is 5.60. The number of aromatic amines is 1. The van der Waals surface area contributed by atoms with Crippen LogP contribution in [0, 0.1) is 5.92 Å². The molecule has 0 aliphatic heterocycles. The van der Waals surface area contributed by atoms with Crippen LogP contribution in [0.4, 0.5) is 0 Å². The van der Waals surface area contributed by atoms with Crippen molar-refractivity contribution in [1.82, 2.24) is 31.6 Å². The van der Waals surface area contributed by atoms with Crippen molar-refractivity contribution in [2.24, 2.45) is 11.7 Å². The minimum absolute atomic E-state index is 0.00724. The summed E-state index contributed by atoms with van der Waals surface area (Å²) in [5.41, 5.74) is 8.52. The molecule has 1 heterocycles. The summed E-state index contributed by atoms with van der Waals surface area (Å²) in [5, 5.41) is 42.8. The van der Waals surface area contributed by atoms with Crippen molar-refractivity contribution in [3.05, 3.63) is 65.9 Å². The lowest BCUT2D eigenvalue weighted by molar-refractivity contribution is -0.142. The summed E-state index contributed by atoms with van der Waals surface area (Å²) in [6.07, 6.45) is 3.96. The number of benzene rings is 2. The number of aliphatic hydroxyl groups excluding tert-OH is 1. The zero-order chi connectivity index (χ0) is 39.9. The topological polar surface area (TPSA) is 265 Å². The first-order valence-electron chi connectivity index (χ1n) is 17.6. The fraction of sp³-hybridized carbons (Fsp3) is 0.459. The van der Waals surface area contributed by atoms with Gasteiger partial charge >= 0.3 is 5.97 Å². The van der Waals surface area contributed by atoms with Gasteiger partial charge in [-0.3, -0.25) is 24.0 Å². The number of phenolic OH excluding ortho intramolecular Hbond substituents is 1. The van der Waals surface area contributed by atoms with Gasteiger partial charge in [-0.25, -0.2) is 4.79 Å². The molecule has 0 bridgehead atoms. The predicted octanol–water partition coefficient (Wildman–Crippen LogP) is 0.306. The van der Waals surface area contributed by atoms with Crippen LogP contribution < -0.4 is 32.3 Å². The molecule has 0 fully saturated rings. The summed E-state index contributed by atoms with van der Waals surface area (Å²) in [5.74, 6) is -4.68. The number of thioether (sulfide) groups is 1. The second kappa shape index (κ2) is 20.9. The van der Waals surface area contributed by atoms with E-state index in [-0.39, 0.29) is 37.4 Å². The maximum atomic E-state index is 13.7. The van der Waals surface area contributed by atoms with E-state index in [0.29, 0.717) is 11.3 Å². The van der Waals surface area contributed by atoms with Crippen LogP contribution in [0.1, 0.15) is 44.7 Å². The van der Waals surface area contributed by atoms with Crippen molar-refractivity contribution in [2.75, 3.05) is 18.6 Å². The van der Waals surface area contributed by atoms with E-state index in [1.165, 1.54) is 30.8 Å². The van der Waals surface area contributed by atoms with Crippen molar-refractivity contribution in [2.45, 2.75) is 82.7 Å². The van der Waals surface area contributed by atoms with E-state index in [0.717, 1.165) is 16.5 Å². The Kier molecular flexibility index (Phi) is 16.8. The number of nitrogens with one attached hydrogen (secondary N) is 6. The van der Waals surface area contributed by atoms with Gasteiger partial charge in [-0.05, 0) is 73.4 Å². The number of aromatic nitrogens is 1.